The summed E-state index contributed by atoms with van der Waals surface area (Å²) in [7, 11) is 0. The van der Waals surface area contributed by atoms with Gasteiger partial charge in [0.2, 0.25) is 5.78 Å². The van der Waals surface area contributed by atoms with Crippen LogP contribution in [-0.4, -0.2) is 61.5 Å². The minimum Gasteiger partial charge on any atom is -0.511 e. The molecule has 5 rings (SSSR count). The van der Waals surface area contributed by atoms with Gasteiger partial charge >= 0.3 is 0 Å². The van der Waals surface area contributed by atoms with Gasteiger partial charge in [0.1, 0.15) is 22.8 Å². The third-order valence-corrected chi connectivity index (χ3v) is 9.75. The molecular weight excluding hydrogens is 524 g/mol. The summed E-state index contributed by atoms with van der Waals surface area (Å²) in [5, 5.41) is 44.1. The molecule has 210 valence electrons. The maximum Gasteiger partial charge on any atom is 0.255 e. The molecule has 1 fully saturated rings. The Hall–Kier alpha value is -2.88. The largest absolute Gasteiger partial charge is 0.511 e. The van der Waals surface area contributed by atoms with Crippen molar-refractivity contribution in [1.82, 2.24) is 4.90 Å². The highest BCUT2D eigenvalue weighted by Crippen LogP contribution is 2.52. The van der Waals surface area contributed by atoms with E-state index in [1.54, 1.807) is 0 Å². The molecule has 3 aliphatic carbocycles. The molecule has 1 unspecified atom stereocenters. The van der Waals surface area contributed by atoms with Gasteiger partial charge in [-0.05, 0) is 73.2 Å². The fourth-order valence-electron chi connectivity index (χ4n) is 7.04. The lowest BCUT2D eigenvalue weighted by molar-refractivity contribution is -0.144. The van der Waals surface area contributed by atoms with Gasteiger partial charge in [0.05, 0.1) is 5.56 Å². The SMILES string of the molecule is CC(C)(C)C1CCN(Cc2cc(O)c3c(c2Cl)CC2C[C@H]4CC(O)=C(C(N)=O)C(=O)[C@@]4(O)C(O)=C2C3=O)CC1. The van der Waals surface area contributed by atoms with Crippen molar-refractivity contribution in [3.63, 3.8) is 0 Å². The predicted molar refractivity (Wildman–Crippen MR) is 143 cm³/mol. The monoisotopic (exact) mass is 558 g/mol. The van der Waals surface area contributed by atoms with Crippen LogP contribution in [0.5, 0.6) is 5.75 Å². The molecule has 1 aromatic rings. The van der Waals surface area contributed by atoms with Gasteiger partial charge in [0.25, 0.3) is 5.91 Å². The number of Topliss-reactive ketones (excluding diaryl/α,β-unsaturated/α-hetero) is 2. The first-order valence-electron chi connectivity index (χ1n) is 13.4. The van der Waals surface area contributed by atoms with Gasteiger partial charge in [-0.1, -0.05) is 32.4 Å². The van der Waals surface area contributed by atoms with Crippen LogP contribution in [0.4, 0.5) is 0 Å². The summed E-state index contributed by atoms with van der Waals surface area (Å²) in [6, 6.07) is 1.48. The first kappa shape index (κ1) is 27.7. The molecular formula is C29H35ClN2O7. The van der Waals surface area contributed by atoms with E-state index >= 15 is 0 Å². The Morgan fingerprint density at radius 3 is 2.38 bits per heavy atom. The number of hydrogen-bond donors (Lipinski definition) is 5. The Balaban J connectivity index is 1.48. The number of aliphatic hydroxyl groups excluding tert-OH is 2. The summed E-state index contributed by atoms with van der Waals surface area (Å²) in [6.07, 6.45) is 2.13. The molecule has 10 heteroatoms. The van der Waals surface area contributed by atoms with Crippen molar-refractivity contribution in [2.45, 2.75) is 65.0 Å². The minimum atomic E-state index is -2.58. The van der Waals surface area contributed by atoms with Crippen LogP contribution < -0.4 is 5.73 Å². The number of allylic oxidation sites excluding steroid dienone is 2. The quantitative estimate of drug-likeness (QED) is 0.352. The third-order valence-electron chi connectivity index (χ3n) is 9.28. The van der Waals surface area contributed by atoms with Crippen molar-refractivity contribution >= 4 is 29.1 Å². The average molecular weight is 559 g/mol. The summed E-state index contributed by atoms with van der Waals surface area (Å²) in [4.78, 5) is 40.8. The van der Waals surface area contributed by atoms with Gasteiger partial charge in [-0.25, -0.2) is 0 Å². The maximum atomic E-state index is 13.6. The first-order chi connectivity index (χ1) is 18.2. The lowest BCUT2D eigenvalue weighted by Gasteiger charge is -2.45. The topological polar surface area (TPSA) is 161 Å². The summed E-state index contributed by atoms with van der Waals surface area (Å²) in [6.45, 7) is 9.09. The highest BCUT2D eigenvalue weighted by Gasteiger charge is 2.59. The number of phenols is 1. The molecule has 3 atom stereocenters. The lowest BCUT2D eigenvalue weighted by atomic mass is 9.60. The van der Waals surface area contributed by atoms with E-state index in [2.05, 4.69) is 25.7 Å². The number of benzene rings is 1. The standard InChI is InChI=1S/C29H35ClN2O7/c1-28(2,3)15-4-6-32(7-5-15)12-14-10-18(33)21-17(23(14)30)9-13-8-16-11-19(34)22(27(31)38)26(37)29(16,39)25(36)20(13)24(21)35/h10,13,15-16,33-34,36,39H,4-9,11-12H2,1-3H3,(H2,31,38)/t13?,16-,29-/m0/s1. The number of phenolic OH excluding ortho intramolecular Hbond substituents is 1. The van der Waals surface area contributed by atoms with E-state index in [4.69, 9.17) is 17.3 Å². The molecule has 1 amide bonds. The molecule has 39 heavy (non-hydrogen) atoms. The van der Waals surface area contributed by atoms with E-state index in [0.29, 0.717) is 28.6 Å². The van der Waals surface area contributed by atoms with Crippen LogP contribution in [0.2, 0.25) is 5.02 Å². The number of piperidine rings is 1. The number of fused-ring (bicyclic) bond motifs is 3. The normalized spacial score (nSPS) is 28.3. The van der Waals surface area contributed by atoms with Crippen LogP contribution in [0.1, 0.15) is 67.9 Å². The fraction of sp³-hybridized carbons (Fsp3) is 0.552. The van der Waals surface area contributed by atoms with Crippen LogP contribution in [-0.2, 0) is 22.6 Å². The first-order valence-corrected chi connectivity index (χ1v) is 13.8. The Morgan fingerprint density at radius 1 is 1.15 bits per heavy atom. The summed E-state index contributed by atoms with van der Waals surface area (Å²) in [5.41, 5.74) is 3.04. The molecule has 1 aromatic carbocycles. The van der Waals surface area contributed by atoms with Gasteiger partial charge < -0.3 is 26.2 Å². The molecule has 1 saturated heterocycles. The Morgan fingerprint density at radius 2 is 1.79 bits per heavy atom. The molecule has 1 heterocycles. The summed E-state index contributed by atoms with van der Waals surface area (Å²) in [5.74, 6) is -5.85. The Kier molecular flexibility index (Phi) is 6.64. The Bertz CT molecular complexity index is 1350. The van der Waals surface area contributed by atoms with E-state index in [1.165, 1.54) is 6.07 Å². The zero-order valence-corrected chi connectivity index (χ0v) is 23.1. The molecule has 0 spiro atoms. The van der Waals surface area contributed by atoms with Crippen molar-refractivity contribution < 1.29 is 34.8 Å². The van der Waals surface area contributed by atoms with Crippen molar-refractivity contribution in [1.29, 1.82) is 0 Å². The van der Waals surface area contributed by atoms with E-state index in [0.717, 1.165) is 25.9 Å². The van der Waals surface area contributed by atoms with Crippen LogP contribution in [0.25, 0.3) is 0 Å². The number of carbonyl (C=O) groups is 3. The number of ketones is 2. The number of primary amides is 1. The molecule has 4 aliphatic rings. The highest BCUT2D eigenvalue weighted by molar-refractivity contribution is 6.33. The zero-order valence-electron chi connectivity index (χ0n) is 22.4. The van der Waals surface area contributed by atoms with Crippen molar-refractivity contribution in [3.05, 3.63) is 50.4 Å². The molecule has 6 N–H and O–H groups in total. The number of amides is 1. The van der Waals surface area contributed by atoms with Crippen molar-refractivity contribution in [2.75, 3.05) is 13.1 Å². The lowest BCUT2D eigenvalue weighted by Crippen LogP contribution is -2.57. The average Bonchev–Trinajstić information content (AvgIpc) is 2.84. The van der Waals surface area contributed by atoms with Crippen molar-refractivity contribution in [3.8, 4) is 5.75 Å². The number of halogens is 1. The van der Waals surface area contributed by atoms with Crippen LogP contribution in [0.3, 0.4) is 0 Å². The third kappa shape index (κ3) is 4.26. The number of likely N-dealkylation sites (tertiary alicyclic amines) is 1. The number of nitrogens with zero attached hydrogens (tertiary/aromatic N) is 1. The van der Waals surface area contributed by atoms with Gasteiger partial charge in [-0.15, -0.1) is 0 Å². The van der Waals surface area contributed by atoms with Crippen molar-refractivity contribution in [2.24, 2.45) is 28.9 Å². The molecule has 0 saturated carbocycles. The number of hydrogen-bond acceptors (Lipinski definition) is 8. The second-order valence-corrected chi connectivity index (χ2v) is 12.9. The van der Waals surface area contributed by atoms with Crippen LogP contribution in [0.15, 0.2) is 28.7 Å². The molecule has 0 radical (unpaired) electrons. The predicted octanol–water partition coefficient (Wildman–Crippen LogP) is 3.49. The van der Waals surface area contributed by atoms with Gasteiger partial charge in [-0.3, -0.25) is 19.3 Å². The fourth-order valence-corrected chi connectivity index (χ4v) is 7.32. The van der Waals surface area contributed by atoms with Crippen LogP contribution in [0, 0.1) is 23.2 Å². The Labute approximate surface area is 231 Å². The molecule has 0 aromatic heterocycles. The van der Waals surface area contributed by atoms with E-state index in [-0.39, 0.29) is 41.6 Å². The molecule has 9 nitrogen and oxygen atoms in total. The zero-order chi connectivity index (χ0) is 28.6. The summed E-state index contributed by atoms with van der Waals surface area (Å²) >= 11 is 6.85. The smallest absolute Gasteiger partial charge is 0.255 e. The van der Waals surface area contributed by atoms with Gasteiger partial charge in [0.15, 0.2) is 11.4 Å². The maximum absolute atomic E-state index is 13.6. The second-order valence-electron chi connectivity index (χ2n) is 12.5. The number of nitrogens with two attached hydrogens (primary N) is 1. The van der Waals surface area contributed by atoms with E-state index in [1.807, 2.05) is 0 Å². The van der Waals surface area contributed by atoms with Crippen LogP contribution >= 0.6 is 11.6 Å². The molecule has 1 aliphatic heterocycles. The second kappa shape index (κ2) is 9.35. The summed E-state index contributed by atoms with van der Waals surface area (Å²) < 4.78 is 0. The number of aromatic hydroxyl groups is 1. The van der Waals surface area contributed by atoms with E-state index < -0.39 is 52.0 Å². The van der Waals surface area contributed by atoms with Gasteiger partial charge in [-0.2, -0.15) is 0 Å². The minimum absolute atomic E-state index is 0.0631. The van der Waals surface area contributed by atoms with E-state index in [9.17, 15) is 34.8 Å². The number of aliphatic hydroxyl groups is 3. The van der Waals surface area contributed by atoms with Gasteiger partial charge in [0, 0.05) is 29.5 Å². The highest BCUT2D eigenvalue weighted by atomic mass is 35.5. The molecule has 0 bridgehead atoms. The number of rotatable bonds is 3. The number of carbonyl (C=O) groups excluding carboxylic acids is 3.